The third-order valence-electron chi connectivity index (χ3n) is 8.35. The fourth-order valence-corrected chi connectivity index (χ4v) is 7.17. The molecule has 0 heterocycles. The molecule has 0 aliphatic rings. The zero-order valence-electron chi connectivity index (χ0n) is 34.9. The van der Waals surface area contributed by atoms with Crippen molar-refractivity contribution in [2.24, 2.45) is 11.6 Å². The van der Waals surface area contributed by atoms with Gasteiger partial charge < -0.3 is 67.9 Å². The van der Waals surface area contributed by atoms with Crippen molar-refractivity contribution in [1.82, 2.24) is 31.9 Å². The van der Waals surface area contributed by atoms with E-state index in [4.69, 9.17) is 11.3 Å². The van der Waals surface area contributed by atoms with Crippen molar-refractivity contribution in [3.63, 3.8) is 0 Å². The number of aliphatic carboxylic acids is 5. The minimum Gasteiger partial charge on any atom is -0.481 e. The maximum absolute atomic E-state index is 13.2. The molecule has 0 saturated carbocycles. The van der Waals surface area contributed by atoms with Gasteiger partial charge in [-0.3, -0.25) is 33.6 Å². The number of carboxylic acids is 5. The number of hydrogen-bond donors (Lipinski definition) is 12. The molecular formula is C37H53N7O17S2. The van der Waals surface area contributed by atoms with Gasteiger partial charge in [-0.1, -0.05) is 45.9 Å². The lowest BCUT2D eigenvalue weighted by atomic mass is 9.93. The molecule has 0 aliphatic carbocycles. The summed E-state index contributed by atoms with van der Waals surface area (Å²) in [6, 6.07) is 0.611. The Balaban J connectivity index is 2.65. The van der Waals surface area contributed by atoms with Gasteiger partial charge >= 0.3 is 47.9 Å². The molecule has 24 nitrogen and oxygen atoms in total. The van der Waals surface area contributed by atoms with Crippen LogP contribution in [0.4, 0.5) is 9.59 Å². The Labute approximate surface area is 369 Å². The van der Waals surface area contributed by atoms with Crippen LogP contribution in [0.25, 0.3) is 0 Å². The summed E-state index contributed by atoms with van der Waals surface area (Å²) >= 11 is 0. The van der Waals surface area contributed by atoms with Crippen LogP contribution in [0.2, 0.25) is 1.41 Å². The Bertz CT molecular complexity index is 1780. The lowest BCUT2D eigenvalue weighted by Crippen LogP contribution is -2.48. The Hall–Kier alpha value is -6.15. The van der Waals surface area contributed by atoms with Gasteiger partial charge in [0.15, 0.2) is 5.78 Å². The molecule has 0 aromatic heterocycles. The fraction of sp³-hybridized carbons (Fsp3) is 0.541. The van der Waals surface area contributed by atoms with E-state index in [2.05, 4.69) is 31.9 Å². The van der Waals surface area contributed by atoms with E-state index in [-0.39, 0.29) is 70.0 Å². The number of nitrogens with one attached hydrogen (secondary N) is 6. The van der Waals surface area contributed by atoms with E-state index in [1.54, 1.807) is 24.3 Å². The normalized spacial score (nSPS) is 12.7. The number of urea groups is 2. The number of amides is 6. The third-order valence-corrected chi connectivity index (χ3v) is 10.7. The van der Waals surface area contributed by atoms with Gasteiger partial charge in [-0.25, -0.2) is 19.2 Å². The number of unbranched alkanes of at least 4 members (excludes halogenated alkanes) is 1. The Kier molecular flexibility index (Phi) is 25.9. The molecule has 63 heavy (non-hydrogen) atoms. The van der Waals surface area contributed by atoms with E-state index in [9.17, 15) is 73.2 Å². The first-order valence-electron chi connectivity index (χ1n) is 19.7. The van der Waals surface area contributed by atoms with Gasteiger partial charge in [-0.05, 0) is 36.8 Å². The van der Waals surface area contributed by atoms with Gasteiger partial charge in [0.2, 0.25) is 11.8 Å². The number of nitrogens with two attached hydrogens (primary N) is 1. The van der Waals surface area contributed by atoms with Crippen LogP contribution in [-0.4, -0.2) is 147 Å². The highest BCUT2D eigenvalue weighted by atomic mass is 33.1. The molecule has 6 amide bonds. The minimum absolute atomic E-state index is 0.0366. The molecule has 0 unspecified atom stereocenters. The highest BCUT2D eigenvalue weighted by molar-refractivity contribution is 8.76. The highest BCUT2D eigenvalue weighted by Gasteiger charge is 2.33. The van der Waals surface area contributed by atoms with Crippen molar-refractivity contribution in [2.45, 2.75) is 82.5 Å². The van der Waals surface area contributed by atoms with E-state index >= 15 is 0 Å². The number of ether oxygens (including phenoxy) is 1. The molecule has 1 aromatic carbocycles. The van der Waals surface area contributed by atoms with Gasteiger partial charge in [0.25, 0.3) is 0 Å². The summed E-state index contributed by atoms with van der Waals surface area (Å²) < 4.78 is 11.6. The van der Waals surface area contributed by atoms with Gasteiger partial charge in [-0.2, -0.15) is 0 Å². The predicted octanol–water partition coefficient (Wildman–Crippen LogP) is -0.722. The lowest BCUT2D eigenvalue weighted by Gasteiger charge is -2.21. The van der Waals surface area contributed by atoms with Gasteiger partial charge in [-0.15, -0.1) is 0 Å². The van der Waals surface area contributed by atoms with E-state index in [0.29, 0.717) is 24.0 Å². The van der Waals surface area contributed by atoms with Crippen LogP contribution < -0.4 is 37.6 Å². The summed E-state index contributed by atoms with van der Waals surface area (Å²) in [5.41, 5.74) is 2.93. The van der Waals surface area contributed by atoms with Crippen LogP contribution >= 0.6 is 21.6 Å². The molecule has 4 atom stereocenters. The standard InChI is InChI=1S/C37H53N7O17S2/c38-18-32(53)61-12-13-62-63-20-26(35(57)58)43-33(54)23(16-30(49)50)15-27(45)25(17-31(51)52)42-28(46)14-21-6-8-22(9-7-21)19-41-36(59)39-10-2-1-4-24(34(55)56)44-37(60)40-11-3-5-29(47)48/h6-9,23-26H,1-5,10-20,38H2,(H,42,46)(H,43,54)(H,47,48)(H,49,50)(H,51,52)(H,55,56)(H,57,58)(H2,39,41,59)(H2,40,44,60)/t23-,24-,25-,26-/m0/s1/i/hD. The second-order valence-corrected chi connectivity index (χ2v) is 16.1. The molecule has 0 spiro atoms. The number of carbonyl (C=O) groups is 11. The molecule has 1 rings (SSSR count). The Morgan fingerprint density at radius 3 is 1.92 bits per heavy atom. The van der Waals surface area contributed by atoms with Gasteiger partial charge in [0.1, 0.15) is 20.1 Å². The third kappa shape index (κ3) is 26.0. The summed E-state index contributed by atoms with van der Waals surface area (Å²) in [5, 5.41) is 60.9. The number of carboxylic acid groups (broad SMARTS) is 5. The molecule has 0 aliphatic heterocycles. The second-order valence-electron chi connectivity index (χ2n) is 13.5. The first-order chi connectivity index (χ1) is 30.3. The zero-order valence-corrected chi connectivity index (χ0v) is 35.5. The van der Waals surface area contributed by atoms with Crippen molar-refractivity contribution >= 4 is 87.1 Å². The molecule has 0 saturated heterocycles. The lowest BCUT2D eigenvalue weighted by molar-refractivity contribution is -0.145. The van der Waals surface area contributed by atoms with Crippen LogP contribution in [0.3, 0.4) is 0 Å². The van der Waals surface area contributed by atoms with E-state index < -0.39 is 109 Å². The maximum atomic E-state index is 13.2. The summed E-state index contributed by atoms with van der Waals surface area (Å²) in [5.74, 6) is -11.9. The van der Waals surface area contributed by atoms with E-state index in [1.165, 1.54) is 0 Å². The smallest absolute Gasteiger partial charge is 0.327 e. The fourth-order valence-electron chi connectivity index (χ4n) is 5.19. The molecule has 0 bridgehead atoms. The van der Waals surface area contributed by atoms with E-state index in [0.717, 1.165) is 21.6 Å². The van der Waals surface area contributed by atoms with Crippen molar-refractivity contribution in [2.75, 3.05) is 37.7 Å². The van der Waals surface area contributed by atoms with Crippen molar-refractivity contribution < 1.29 is 84.4 Å². The average Bonchev–Trinajstić information content (AvgIpc) is 3.21. The summed E-state index contributed by atoms with van der Waals surface area (Å²) in [7, 11) is 2.11. The van der Waals surface area contributed by atoms with Crippen LogP contribution in [0.5, 0.6) is 0 Å². The van der Waals surface area contributed by atoms with Crippen molar-refractivity contribution in [3.05, 3.63) is 35.4 Å². The first kappa shape index (κ1) is 53.0. The number of Topliss-reactive ketones (excluding diaryl/α,β-unsaturated/α-hetero) is 1. The molecule has 0 radical (unpaired) electrons. The summed E-state index contributed by atoms with van der Waals surface area (Å²) in [6.07, 6.45) is -2.17. The van der Waals surface area contributed by atoms with Crippen molar-refractivity contribution in [1.29, 1.82) is 0 Å². The molecule has 350 valence electrons. The number of carbonyl (C=O) groups excluding carboxylic acids is 6. The second kappa shape index (κ2) is 30.8. The Morgan fingerprint density at radius 2 is 1.30 bits per heavy atom. The number of benzene rings is 1. The average molecular weight is 933 g/mol. The number of ketones is 1. The van der Waals surface area contributed by atoms with Crippen molar-refractivity contribution in [3.8, 4) is 0 Å². The molecule has 0 fully saturated rings. The quantitative estimate of drug-likeness (QED) is 0.0230. The number of rotatable bonds is 34. The largest absolute Gasteiger partial charge is 0.481 e. The van der Waals surface area contributed by atoms with Crippen LogP contribution in [0, 0.1) is 5.92 Å². The van der Waals surface area contributed by atoms with Gasteiger partial charge in [0.05, 0.1) is 37.8 Å². The summed E-state index contributed by atoms with van der Waals surface area (Å²) in [6.45, 7) is -0.0452. The monoisotopic (exact) mass is 932 g/mol. The Morgan fingerprint density at radius 1 is 0.667 bits per heavy atom. The molecule has 13 N–H and O–H groups in total. The number of hydrogen-bond acceptors (Lipinski definition) is 15. The predicted molar refractivity (Wildman–Crippen MR) is 223 cm³/mol. The topological polar surface area (TPSA) is 396 Å². The molecule has 26 heteroatoms. The molecular weight excluding hydrogens is 879 g/mol. The maximum Gasteiger partial charge on any atom is 0.327 e. The zero-order chi connectivity index (χ0) is 48.0. The number of esters is 1. The van der Waals surface area contributed by atoms with E-state index in [1.807, 2.05) is 5.73 Å². The highest BCUT2D eigenvalue weighted by Crippen LogP contribution is 2.22. The van der Waals surface area contributed by atoms with Crippen LogP contribution in [-0.2, 0) is 60.9 Å². The minimum atomic E-state index is -1.67. The van der Waals surface area contributed by atoms with Crippen LogP contribution in [0.1, 0.15) is 62.5 Å². The summed E-state index contributed by atoms with van der Waals surface area (Å²) in [4.78, 5) is 132. The first-order valence-corrected chi connectivity index (χ1v) is 21.7. The SMILES string of the molecule is [2H]NCC(=O)OCCSSC[C@H](NC(=O)[C@H](CC(=O)O)CC(=O)[C@H](CC(=O)O)NC(=O)Cc1ccc(CNC(=O)NCCCC[C@H](NC(=O)NCCCC(=O)O)C(=O)O)cc1)C(=O)O. The molecule has 1 aromatic rings. The van der Waals surface area contributed by atoms with Crippen LogP contribution in [0.15, 0.2) is 24.3 Å². The van der Waals surface area contributed by atoms with Gasteiger partial charge in [0, 0.05) is 44.0 Å².